The van der Waals surface area contributed by atoms with E-state index in [1.807, 2.05) is 0 Å². The van der Waals surface area contributed by atoms with Crippen LogP contribution in [0.4, 0.5) is 0 Å². The van der Waals surface area contributed by atoms with Gasteiger partial charge < -0.3 is 9.84 Å². The summed E-state index contributed by atoms with van der Waals surface area (Å²) in [6.07, 6.45) is 0.406. The van der Waals surface area contributed by atoms with Gasteiger partial charge in [0.25, 0.3) is 0 Å². The molecular formula is C10H16N2O5S2. The topological polar surface area (TPSA) is 106 Å². The van der Waals surface area contributed by atoms with E-state index in [9.17, 15) is 13.2 Å². The molecule has 7 nitrogen and oxygen atoms in total. The Bertz CT molecular complexity index is 538. The summed E-state index contributed by atoms with van der Waals surface area (Å²) in [5, 5.41) is 9.30. The van der Waals surface area contributed by atoms with Gasteiger partial charge in [0.15, 0.2) is 0 Å². The number of nitrogens with zero attached hydrogens (tertiary/aromatic N) is 1. The van der Waals surface area contributed by atoms with Crippen LogP contribution >= 0.6 is 11.3 Å². The zero-order chi connectivity index (χ0) is 14.5. The molecule has 2 N–H and O–H groups in total. The third-order valence-corrected chi connectivity index (χ3v) is 4.80. The van der Waals surface area contributed by atoms with Crippen LogP contribution in [0.1, 0.15) is 26.8 Å². The minimum atomic E-state index is -3.39. The molecule has 1 aromatic heterocycles. The van der Waals surface area contributed by atoms with Crippen molar-refractivity contribution >= 4 is 27.3 Å². The van der Waals surface area contributed by atoms with Gasteiger partial charge in [0.2, 0.25) is 10.0 Å². The zero-order valence-corrected chi connectivity index (χ0v) is 12.3. The van der Waals surface area contributed by atoms with Gasteiger partial charge in [-0.3, -0.25) is 0 Å². The van der Waals surface area contributed by atoms with E-state index in [-0.39, 0.29) is 17.2 Å². The molecule has 1 rings (SSSR count). The minimum Gasteiger partial charge on any atom is -0.477 e. The Balaban J connectivity index is 2.57. The van der Waals surface area contributed by atoms with Crippen molar-refractivity contribution in [2.24, 2.45) is 0 Å². The van der Waals surface area contributed by atoms with E-state index in [4.69, 9.17) is 9.84 Å². The predicted octanol–water partition coefficient (Wildman–Crippen LogP) is 0.606. The molecule has 108 valence electrons. The van der Waals surface area contributed by atoms with Crippen LogP contribution in [0, 0.1) is 6.92 Å². The molecule has 0 bridgehead atoms. The van der Waals surface area contributed by atoms with E-state index in [1.165, 1.54) is 7.11 Å². The molecular weight excluding hydrogens is 292 g/mol. The number of ether oxygens (including phenoxy) is 1. The van der Waals surface area contributed by atoms with Gasteiger partial charge in [0, 0.05) is 13.7 Å². The average Bonchev–Trinajstić information content (AvgIpc) is 2.69. The van der Waals surface area contributed by atoms with E-state index < -0.39 is 16.0 Å². The van der Waals surface area contributed by atoms with Crippen LogP contribution in [0.5, 0.6) is 0 Å². The predicted molar refractivity (Wildman–Crippen MR) is 70.9 cm³/mol. The summed E-state index contributed by atoms with van der Waals surface area (Å²) in [6.45, 7) is 1.96. The molecule has 0 aliphatic carbocycles. The van der Waals surface area contributed by atoms with Crippen molar-refractivity contribution in [1.29, 1.82) is 0 Å². The molecule has 0 amide bonds. The van der Waals surface area contributed by atoms with Crippen molar-refractivity contribution in [2.45, 2.75) is 19.9 Å². The molecule has 0 radical (unpaired) electrons. The molecule has 0 aromatic carbocycles. The van der Waals surface area contributed by atoms with Crippen LogP contribution in [0.15, 0.2) is 0 Å². The first kappa shape index (κ1) is 16.0. The lowest BCUT2D eigenvalue weighted by atomic mass is 10.4. The van der Waals surface area contributed by atoms with Crippen LogP contribution in [0.2, 0.25) is 0 Å². The van der Waals surface area contributed by atoms with Crippen molar-refractivity contribution in [3.63, 3.8) is 0 Å². The summed E-state index contributed by atoms with van der Waals surface area (Å²) < 4.78 is 30.4. The lowest BCUT2D eigenvalue weighted by Gasteiger charge is -2.04. The highest BCUT2D eigenvalue weighted by Crippen LogP contribution is 2.17. The number of carbonyl (C=O) groups is 1. The molecule has 0 aliphatic heterocycles. The molecule has 1 heterocycles. The van der Waals surface area contributed by atoms with Crippen molar-refractivity contribution in [1.82, 2.24) is 9.71 Å². The van der Waals surface area contributed by atoms with Crippen molar-refractivity contribution in [3.05, 3.63) is 15.6 Å². The van der Waals surface area contributed by atoms with E-state index in [1.54, 1.807) is 6.92 Å². The normalized spacial score (nSPS) is 11.7. The highest BCUT2D eigenvalue weighted by Gasteiger charge is 2.16. The number of aryl methyl sites for hydroxylation is 1. The highest BCUT2D eigenvalue weighted by molar-refractivity contribution is 7.89. The van der Waals surface area contributed by atoms with Gasteiger partial charge in [-0.15, -0.1) is 11.3 Å². The van der Waals surface area contributed by atoms with Crippen LogP contribution in [0.3, 0.4) is 0 Å². The number of carboxylic acids is 1. The minimum absolute atomic E-state index is 0.00804. The number of aromatic nitrogens is 1. The third-order valence-electron chi connectivity index (χ3n) is 2.24. The number of nitrogens with one attached hydrogen (secondary N) is 1. The van der Waals surface area contributed by atoms with Gasteiger partial charge in [-0.2, -0.15) is 0 Å². The lowest BCUT2D eigenvalue weighted by molar-refractivity contribution is 0.0701. The maximum Gasteiger partial charge on any atom is 0.347 e. The molecule has 0 saturated carbocycles. The molecule has 9 heteroatoms. The number of aromatic carboxylic acids is 1. The highest BCUT2D eigenvalue weighted by atomic mass is 32.2. The summed E-state index contributed by atoms with van der Waals surface area (Å²) in [6, 6.07) is 0. The fourth-order valence-electron chi connectivity index (χ4n) is 1.36. The van der Waals surface area contributed by atoms with Gasteiger partial charge in [-0.1, -0.05) is 0 Å². The van der Waals surface area contributed by atoms with E-state index in [2.05, 4.69) is 9.71 Å². The molecule has 0 atom stereocenters. The number of carboxylic acid groups (broad SMARTS) is 1. The fourth-order valence-corrected chi connectivity index (χ4v) is 3.30. The number of thiazole rings is 1. The Hall–Kier alpha value is -1.03. The second-order valence-corrected chi connectivity index (χ2v) is 6.82. The Morgan fingerprint density at radius 3 is 2.74 bits per heavy atom. The maximum atomic E-state index is 11.6. The van der Waals surface area contributed by atoms with Crippen molar-refractivity contribution in [2.75, 3.05) is 19.5 Å². The van der Waals surface area contributed by atoms with E-state index in [0.717, 1.165) is 11.3 Å². The molecule has 0 aliphatic rings. The van der Waals surface area contributed by atoms with E-state index in [0.29, 0.717) is 23.7 Å². The number of hydrogen-bond acceptors (Lipinski definition) is 6. The number of methoxy groups -OCH3 is 1. The largest absolute Gasteiger partial charge is 0.477 e. The lowest BCUT2D eigenvalue weighted by Crippen LogP contribution is -2.26. The quantitative estimate of drug-likeness (QED) is 0.681. The first-order valence-electron chi connectivity index (χ1n) is 5.51. The second-order valence-electron chi connectivity index (χ2n) is 3.81. The van der Waals surface area contributed by atoms with Gasteiger partial charge in [0.05, 0.1) is 18.0 Å². The Morgan fingerprint density at radius 2 is 2.21 bits per heavy atom. The third kappa shape index (κ3) is 5.23. The van der Waals surface area contributed by atoms with Crippen LogP contribution in [-0.4, -0.2) is 43.9 Å². The molecule has 0 saturated heterocycles. The first-order valence-corrected chi connectivity index (χ1v) is 7.98. The van der Waals surface area contributed by atoms with Crippen LogP contribution in [-0.2, 0) is 21.3 Å². The fraction of sp³-hybridized carbons (Fsp3) is 0.600. The molecule has 1 aromatic rings. The maximum absolute atomic E-state index is 11.6. The Kier molecular flexibility index (Phi) is 5.85. The monoisotopic (exact) mass is 308 g/mol. The molecule has 0 fully saturated rings. The van der Waals surface area contributed by atoms with Gasteiger partial charge >= 0.3 is 5.97 Å². The van der Waals surface area contributed by atoms with Gasteiger partial charge in [-0.05, 0) is 13.3 Å². The van der Waals surface area contributed by atoms with Gasteiger partial charge in [0.1, 0.15) is 9.88 Å². The number of hydrogen-bond donors (Lipinski definition) is 2. The van der Waals surface area contributed by atoms with Crippen LogP contribution < -0.4 is 4.72 Å². The summed E-state index contributed by atoms with van der Waals surface area (Å²) in [5.74, 6) is -1.08. The van der Waals surface area contributed by atoms with E-state index >= 15 is 0 Å². The summed E-state index contributed by atoms with van der Waals surface area (Å²) in [5.41, 5.74) is 0.395. The SMILES string of the molecule is COCCCS(=O)(=O)NCc1nc(C)c(C(=O)O)s1. The zero-order valence-electron chi connectivity index (χ0n) is 10.7. The average molecular weight is 308 g/mol. The second kappa shape index (κ2) is 6.94. The number of sulfonamides is 1. The summed E-state index contributed by atoms with van der Waals surface area (Å²) in [7, 11) is -1.88. The first-order chi connectivity index (χ1) is 8.85. The summed E-state index contributed by atoms with van der Waals surface area (Å²) in [4.78, 5) is 15.0. The van der Waals surface area contributed by atoms with Gasteiger partial charge in [-0.25, -0.2) is 22.9 Å². The standard InChI is InChI=1S/C10H16N2O5S2/c1-7-9(10(13)14)18-8(12-7)6-11-19(15,16)5-3-4-17-2/h11H,3-6H2,1-2H3,(H,13,14). The van der Waals surface area contributed by atoms with Crippen LogP contribution in [0.25, 0.3) is 0 Å². The Labute approximate surface area is 115 Å². The van der Waals surface area contributed by atoms with Crippen molar-refractivity contribution < 1.29 is 23.1 Å². The molecule has 0 spiro atoms. The van der Waals surface area contributed by atoms with Crippen molar-refractivity contribution in [3.8, 4) is 0 Å². The molecule has 19 heavy (non-hydrogen) atoms. The smallest absolute Gasteiger partial charge is 0.347 e. The summed E-state index contributed by atoms with van der Waals surface area (Å²) >= 11 is 0.974. The Morgan fingerprint density at radius 1 is 1.53 bits per heavy atom. The number of rotatable bonds is 8. The molecule has 0 unspecified atom stereocenters.